The first-order chi connectivity index (χ1) is 12.6. The molecule has 0 aromatic heterocycles. The Morgan fingerprint density at radius 3 is 2.12 bits per heavy atom. The van der Waals surface area contributed by atoms with E-state index in [1.165, 1.54) is 0 Å². The van der Waals surface area contributed by atoms with E-state index in [1.54, 1.807) is 43.4 Å². The molecule has 1 amide bonds. The van der Waals surface area contributed by atoms with Gasteiger partial charge in [-0.25, -0.2) is 0 Å². The number of ketones is 1. The van der Waals surface area contributed by atoms with Crippen LogP contribution in [0, 0.1) is 0 Å². The molecule has 2 aromatic carbocycles. The Hall–Kier alpha value is -2.82. The molecule has 0 aliphatic carbocycles. The van der Waals surface area contributed by atoms with Gasteiger partial charge in [0.05, 0.1) is 26.7 Å². The molecule has 1 saturated heterocycles. The van der Waals surface area contributed by atoms with Crippen molar-refractivity contribution in [3.8, 4) is 11.5 Å². The number of nitrogens with zero attached hydrogens (tertiary/aromatic N) is 1. The summed E-state index contributed by atoms with van der Waals surface area (Å²) in [6.07, 6.45) is 1.84. The van der Waals surface area contributed by atoms with Crippen molar-refractivity contribution < 1.29 is 19.1 Å². The van der Waals surface area contributed by atoms with Crippen molar-refractivity contribution in [2.45, 2.75) is 25.3 Å². The van der Waals surface area contributed by atoms with E-state index in [-0.39, 0.29) is 24.2 Å². The Morgan fingerprint density at radius 2 is 1.54 bits per heavy atom. The summed E-state index contributed by atoms with van der Waals surface area (Å²) in [4.78, 5) is 27.3. The largest absolute Gasteiger partial charge is 0.497 e. The number of likely N-dealkylation sites (tertiary alicyclic amines) is 1. The molecule has 0 bridgehead atoms. The lowest BCUT2D eigenvalue weighted by Crippen LogP contribution is -2.41. The van der Waals surface area contributed by atoms with Crippen LogP contribution in [0.3, 0.4) is 0 Å². The number of ether oxygens (including phenoxy) is 2. The smallest absolute Gasteiger partial charge is 0.227 e. The second-order valence-electron chi connectivity index (χ2n) is 6.36. The van der Waals surface area contributed by atoms with Crippen LogP contribution in [0.15, 0.2) is 48.5 Å². The van der Waals surface area contributed by atoms with Gasteiger partial charge in [-0.05, 0) is 54.8 Å². The fraction of sp³-hybridized carbons (Fsp3) is 0.333. The third-order valence-electron chi connectivity index (χ3n) is 4.76. The van der Waals surface area contributed by atoms with Crippen LogP contribution in [0.2, 0.25) is 0 Å². The second kappa shape index (κ2) is 8.04. The molecule has 1 aliphatic heterocycles. The summed E-state index contributed by atoms with van der Waals surface area (Å²) in [5, 5.41) is 0. The van der Waals surface area contributed by atoms with Gasteiger partial charge in [-0.1, -0.05) is 12.1 Å². The molecule has 0 radical (unpaired) electrons. The number of benzene rings is 2. The Bertz CT molecular complexity index is 768. The summed E-state index contributed by atoms with van der Waals surface area (Å²) >= 11 is 0. The summed E-state index contributed by atoms with van der Waals surface area (Å²) in [5.41, 5.74) is 1.53. The van der Waals surface area contributed by atoms with E-state index in [1.807, 2.05) is 24.3 Å². The highest BCUT2D eigenvalue weighted by molar-refractivity contribution is 6.02. The number of methoxy groups -OCH3 is 2. The number of hydrogen-bond donors (Lipinski definition) is 0. The molecule has 2 aromatic rings. The molecule has 5 heteroatoms. The molecule has 1 unspecified atom stereocenters. The van der Waals surface area contributed by atoms with Crippen LogP contribution in [0.25, 0.3) is 0 Å². The first-order valence-electron chi connectivity index (χ1n) is 8.73. The third-order valence-corrected chi connectivity index (χ3v) is 4.76. The van der Waals surface area contributed by atoms with E-state index in [4.69, 9.17) is 9.47 Å². The molecule has 1 aliphatic rings. The van der Waals surface area contributed by atoms with Gasteiger partial charge in [-0.15, -0.1) is 0 Å². The third kappa shape index (κ3) is 3.87. The van der Waals surface area contributed by atoms with Crippen LogP contribution in [0.5, 0.6) is 11.5 Å². The average molecular weight is 353 g/mol. The van der Waals surface area contributed by atoms with E-state index in [0.29, 0.717) is 24.3 Å². The second-order valence-corrected chi connectivity index (χ2v) is 6.36. The molecule has 0 spiro atoms. The minimum Gasteiger partial charge on any atom is -0.497 e. The van der Waals surface area contributed by atoms with Crippen molar-refractivity contribution >= 4 is 11.7 Å². The summed E-state index contributed by atoms with van der Waals surface area (Å²) in [5.74, 6) is 1.45. The zero-order valence-corrected chi connectivity index (χ0v) is 15.1. The minimum atomic E-state index is -0.380. The monoisotopic (exact) mass is 353 g/mol. The number of carbonyl (C=O) groups is 2. The van der Waals surface area contributed by atoms with Crippen LogP contribution in [0.1, 0.15) is 28.8 Å². The molecule has 1 atom stereocenters. The predicted octanol–water partition coefficient (Wildman–Crippen LogP) is 3.12. The van der Waals surface area contributed by atoms with E-state index < -0.39 is 0 Å². The van der Waals surface area contributed by atoms with Gasteiger partial charge >= 0.3 is 0 Å². The first-order valence-corrected chi connectivity index (χ1v) is 8.73. The average Bonchev–Trinajstić information content (AvgIpc) is 3.18. The van der Waals surface area contributed by atoms with E-state index in [9.17, 15) is 9.59 Å². The van der Waals surface area contributed by atoms with Crippen molar-refractivity contribution in [1.82, 2.24) is 4.90 Å². The molecule has 1 heterocycles. The minimum absolute atomic E-state index is 0.00626. The zero-order chi connectivity index (χ0) is 18.5. The zero-order valence-electron chi connectivity index (χ0n) is 15.1. The fourth-order valence-corrected chi connectivity index (χ4v) is 3.31. The van der Waals surface area contributed by atoms with Crippen LogP contribution in [0.4, 0.5) is 0 Å². The van der Waals surface area contributed by atoms with Gasteiger partial charge in [-0.2, -0.15) is 0 Å². The van der Waals surface area contributed by atoms with E-state index >= 15 is 0 Å². The SMILES string of the molecule is COc1ccc(CC(=O)N2CCCC2C(=O)c2ccc(OC)cc2)cc1. The highest BCUT2D eigenvalue weighted by Crippen LogP contribution is 2.24. The number of carbonyl (C=O) groups excluding carboxylic acids is 2. The van der Waals surface area contributed by atoms with Crippen molar-refractivity contribution in [2.24, 2.45) is 0 Å². The van der Waals surface area contributed by atoms with E-state index in [2.05, 4.69) is 0 Å². The van der Waals surface area contributed by atoms with Crippen LogP contribution < -0.4 is 9.47 Å². The van der Waals surface area contributed by atoms with Gasteiger partial charge < -0.3 is 14.4 Å². The Kier molecular flexibility index (Phi) is 5.56. The van der Waals surface area contributed by atoms with Crippen LogP contribution >= 0.6 is 0 Å². The Morgan fingerprint density at radius 1 is 0.962 bits per heavy atom. The predicted molar refractivity (Wildman–Crippen MR) is 98.8 cm³/mol. The normalized spacial score (nSPS) is 16.4. The molecule has 0 saturated carbocycles. The highest BCUT2D eigenvalue weighted by Gasteiger charge is 2.34. The molecule has 3 rings (SSSR count). The van der Waals surface area contributed by atoms with Gasteiger partial charge in [0.1, 0.15) is 11.5 Å². The van der Waals surface area contributed by atoms with Gasteiger partial charge in [0.2, 0.25) is 5.91 Å². The lowest BCUT2D eigenvalue weighted by Gasteiger charge is -2.24. The van der Waals surface area contributed by atoms with Gasteiger partial charge in [0.25, 0.3) is 0 Å². The van der Waals surface area contributed by atoms with Gasteiger partial charge in [0, 0.05) is 12.1 Å². The molecule has 0 N–H and O–H groups in total. The van der Waals surface area contributed by atoms with Crippen molar-refractivity contribution in [1.29, 1.82) is 0 Å². The molecular weight excluding hydrogens is 330 g/mol. The molecule has 5 nitrogen and oxygen atoms in total. The maximum atomic E-state index is 12.8. The molecular formula is C21H23NO4. The van der Waals surface area contributed by atoms with Gasteiger partial charge in [0.15, 0.2) is 5.78 Å². The summed E-state index contributed by atoms with van der Waals surface area (Å²) in [6.45, 7) is 0.627. The van der Waals surface area contributed by atoms with Crippen molar-refractivity contribution in [3.63, 3.8) is 0 Å². The summed E-state index contributed by atoms with van der Waals surface area (Å²) in [6, 6.07) is 14.1. The highest BCUT2D eigenvalue weighted by atomic mass is 16.5. The number of amides is 1. The quantitative estimate of drug-likeness (QED) is 0.749. The fourth-order valence-electron chi connectivity index (χ4n) is 3.31. The Balaban J connectivity index is 1.69. The number of hydrogen-bond acceptors (Lipinski definition) is 4. The first kappa shape index (κ1) is 18.0. The van der Waals surface area contributed by atoms with Crippen molar-refractivity contribution in [3.05, 3.63) is 59.7 Å². The number of rotatable bonds is 6. The molecule has 1 fully saturated rings. The number of Topliss-reactive ketones (excluding diaryl/α,β-unsaturated/α-hetero) is 1. The lowest BCUT2D eigenvalue weighted by atomic mass is 10.0. The van der Waals surface area contributed by atoms with Crippen molar-refractivity contribution in [2.75, 3.05) is 20.8 Å². The summed E-state index contributed by atoms with van der Waals surface area (Å²) in [7, 11) is 3.20. The summed E-state index contributed by atoms with van der Waals surface area (Å²) < 4.78 is 10.3. The lowest BCUT2D eigenvalue weighted by molar-refractivity contribution is -0.130. The maximum absolute atomic E-state index is 12.8. The Labute approximate surface area is 153 Å². The van der Waals surface area contributed by atoms with Gasteiger partial charge in [-0.3, -0.25) is 9.59 Å². The topological polar surface area (TPSA) is 55.8 Å². The molecule has 26 heavy (non-hydrogen) atoms. The van der Waals surface area contributed by atoms with Crippen LogP contribution in [-0.4, -0.2) is 43.4 Å². The van der Waals surface area contributed by atoms with Crippen LogP contribution in [-0.2, 0) is 11.2 Å². The maximum Gasteiger partial charge on any atom is 0.227 e. The van der Waals surface area contributed by atoms with E-state index in [0.717, 1.165) is 17.7 Å². The molecule has 136 valence electrons. The standard InChI is InChI=1S/C21H23NO4/c1-25-17-9-5-15(6-10-17)14-20(23)22-13-3-4-19(22)21(24)16-7-11-18(26-2)12-8-16/h5-12,19H,3-4,13-14H2,1-2H3.